The molecule has 2 rings (SSSR count). The Balaban J connectivity index is 2.25. The minimum Gasteiger partial charge on any atom is -0.465 e. The number of carbonyl (C=O) groups is 1. The Morgan fingerprint density at radius 2 is 1.76 bits per heavy atom. The molecule has 0 spiro atoms. The molecule has 0 radical (unpaired) electrons. The average Bonchev–Trinajstić information content (AvgIpc) is 2.50. The zero-order valence-corrected chi connectivity index (χ0v) is 12.4. The molecule has 2 aromatic carbocycles. The molecule has 0 amide bonds. The highest BCUT2D eigenvalue weighted by Gasteiger charge is 2.05. The van der Waals surface area contributed by atoms with E-state index in [4.69, 9.17) is 11.6 Å². The number of hydrogen-bond donors (Lipinski definition) is 0. The summed E-state index contributed by atoms with van der Waals surface area (Å²) in [5, 5.41) is 0.504. The summed E-state index contributed by atoms with van der Waals surface area (Å²) in [6.45, 7) is 1.69. The number of esters is 1. The van der Waals surface area contributed by atoms with Crippen molar-refractivity contribution in [2.75, 3.05) is 7.11 Å². The van der Waals surface area contributed by atoms with E-state index in [-0.39, 0.29) is 11.8 Å². The molecular formula is C17H14ClFO2. The smallest absolute Gasteiger partial charge is 0.337 e. The third kappa shape index (κ3) is 3.70. The molecule has 0 unspecified atom stereocenters. The van der Waals surface area contributed by atoms with Gasteiger partial charge in [0.15, 0.2) is 0 Å². The van der Waals surface area contributed by atoms with E-state index in [9.17, 15) is 9.18 Å². The van der Waals surface area contributed by atoms with Crippen molar-refractivity contribution in [3.8, 4) is 0 Å². The van der Waals surface area contributed by atoms with Crippen LogP contribution in [-0.2, 0) is 4.74 Å². The summed E-state index contributed by atoms with van der Waals surface area (Å²) in [7, 11) is 1.34. The van der Waals surface area contributed by atoms with Crippen LogP contribution in [0.3, 0.4) is 0 Å². The van der Waals surface area contributed by atoms with Gasteiger partial charge in [0.25, 0.3) is 0 Å². The first-order chi connectivity index (χ1) is 10.0. The second-order valence-electron chi connectivity index (χ2n) is 4.57. The van der Waals surface area contributed by atoms with Gasteiger partial charge < -0.3 is 4.74 Å². The van der Waals surface area contributed by atoms with Crippen molar-refractivity contribution in [1.29, 1.82) is 0 Å². The lowest BCUT2D eigenvalue weighted by Crippen LogP contribution is -2.00. The minimum atomic E-state index is -0.384. The molecule has 108 valence electrons. The molecule has 0 aliphatic heterocycles. The second-order valence-corrected chi connectivity index (χ2v) is 4.98. The second kappa shape index (κ2) is 6.55. The molecule has 0 bridgehead atoms. The molecule has 4 heteroatoms. The Hall–Kier alpha value is -2.13. The molecule has 0 heterocycles. The maximum Gasteiger partial charge on any atom is 0.337 e. The highest BCUT2D eigenvalue weighted by molar-refractivity contribution is 6.51. The number of aryl methyl sites for hydroxylation is 1. The Kier molecular flexibility index (Phi) is 4.76. The van der Waals surface area contributed by atoms with Crippen molar-refractivity contribution in [1.82, 2.24) is 0 Å². The predicted octanol–water partition coefficient (Wildman–Crippen LogP) is 4.66. The lowest BCUT2D eigenvalue weighted by Gasteiger charge is -2.03. The van der Waals surface area contributed by atoms with E-state index in [2.05, 4.69) is 4.74 Å². The quantitative estimate of drug-likeness (QED) is 0.609. The molecule has 0 atom stereocenters. The van der Waals surface area contributed by atoms with Crippen LogP contribution < -0.4 is 0 Å². The fourth-order valence-electron chi connectivity index (χ4n) is 1.86. The SMILES string of the molecule is COC(=O)c1ccc(/C=C(\Cl)c2ccc(F)c(C)c2)cc1. The first-order valence-electron chi connectivity index (χ1n) is 6.33. The van der Waals surface area contributed by atoms with Gasteiger partial charge in [0.2, 0.25) is 0 Å². The maximum atomic E-state index is 13.2. The summed E-state index contributed by atoms with van der Waals surface area (Å²) >= 11 is 6.24. The van der Waals surface area contributed by atoms with Crippen molar-refractivity contribution in [2.24, 2.45) is 0 Å². The van der Waals surface area contributed by atoms with Gasteiger partial charge in [-0.1, -0.05) is 29.8 Å². The van der Waals surface area contributed by atoms with Crippen LogP contribution in [0.15, 0.2) is 42.5 Å². The van der Waals surface area contributed by atoms with Crippen LogP contribution in [0.5, 0.6) is 0 Å². The van der Waals surface area contributed by atoms with Gasteiger partial charge in [-0.2, -0.15) is 0 Å². The average molecular weight is 305 g/mol. The lowest BCUT2D eigenvalue weighted by atomic mass is 10.1. The number of methoxy groups -OCH3 is 1. The van der Waals surface area contributed by atoms with E-state index in [1.165, 1.54) is 13.2 Å². The largest absolute Gasteiger partial charge is 0.465 e. The van der Waals surface area contributed by atoms with Crippen LogP contribution in [0.4, 0.5) is 4.39 Å². The van der Waals surface area contributed by atoms with Gasteiger partial charge in [-0.15, -0.1) is 0 Å². The van der Waals surface area contributed by atoms with E-state index in [0.29, 0.717) is 16.2 Å². The van der Waals surface area contributed by atoms with Gasteiger partial charge in [0, 0.05) is 5.03 Å². The highest BCUT2D eigenvalue weighted by atomic mass is 35.5. The zero-order chi connectivity index (χ0) is 15.4. The summed E-state index contributed by atoms with van der Waals surface area (Å²) in [4.78, 5) is 11.3. The Morgan fingerprint density at radius 3 is 2.33 bits per heavy atom. The van der Waals surface area contributed by atoms with Crippen LogP contribution in [0.25, 0.3) is 11.1 Å². The standard InChI is InChI=1S/C17H14ClFO2/c1-11-9-14(7-8-16(11)19)15(18)10-12-3-5-13(6-4-12)17(20)21-2/h3-10H,1-2H3/b15-10-. The van der Waals surface area contributed by atoms with Gasteiger partial charge in [-0.25, -0.2) is 9.18 Å². The van der Waals surface area contributed by atoms with E-state index in [0.717, 1.165) is 11.1 Å². The highest BCUT2D eigenvalue weighted by Crippen LogP contribution is 2.24. The number of hydrogen-bond acceptors (Lipinski definition) is 2. The summed E-state index contributed by atoms with van der Waals surface area (Å²) in [5.74, 6) is -0.642. The van der Waals surface area contributed by atoms with E-state index >= 15 is 0 Å². The summed E-state index contributed by atoms with van der Waals surface area (Å²) in [6, 6.07) is 11.6. The molecule has 0 aromatic heterocycles. The van der Waals surface area contributed by atoms with Gasteiger partial charge in [0.1, 0.15) is 5.82 Å². The van der Waals surface area contributed by atoms with E-state index in [1.54, 1.807) is 49.4 Å². The van der Waals surface area contributed by atoms with Crippen LogP contribution in [-0.4, -0.2) is 13.1 Å². The van der Waals surface area contributed by atoms with Crippen LogP contribution in [0.1, 0.15) is 27.0 Å². The topological polar surface area (TPSA) is 26.3 Å². The first-order valence-corrected chi connectivity index (χ1v) is 6.71. The minimum absolute atomic E-state index is 0.259. The number of carbonyl (C=O) groups excluding carboxylic acids is 1. The third-order valence-corrected chi connectivity index (χ3v) is 3.39. The zero-order valence-electron chi connectivity index (χ0n) is 11.7. The van der Waals surface area contributed by atoms with Crippen molar-refractivity contribution < 1.29 is 13.9 Å². The molecule has 2 aromatic rings. The number of benzene rings is 2. The van der Waals surface area contributed by atoms with Crippen molar-refractivity contribution in [3.63, 3.8) is 0 Å². The van der Waals surface area contributed by atoms with Crippen molar-refractivity contribution in [3.05, 3.63) is 70.5 Å². The first kappa shape index (κ1) is 15.3. The number of rotatable bonds is 3. The molecule has 0 saturated heterocycles. The fourth-order valence-corrected chi connectivity index (χ4v) is 2.10. The van der Waals surface area contributed by atoms with E-state index < -0.39 is 0 Å². The molecule has 0 fully saturated rings. The molecule has 0 N–H and O–H groups in total. The van der Waals surface area contributed by atoms with Crippen molar-refractivity contribution >= 4 is 28.7 Å². The molecule has 0 aliphatic carbocycles. The molecule has 2 nitrogen and oxygen atoms in total. The Bertz CT molecular complexity index is 690. The predicted molar refractivity (Wildman–Crippen MR) is 82.6 cm³/mol. The molecule has 21 heavy (non-hydrogen) atoms. The van der Waals surface area contributed by atoms with Crippen LogP contribution in [0, 0.1) is 12.7 Å². The Morgan fingerprint density at radius 1 is 1.14 bits per heavy atom. The van der Waals surface area contributed by atoms with Gasteiger partial charge >= 0.3 is 5.97 Å². The van der Waals surface area contributed by atoms with Gasteiger partial charge in [-0.3, -0.25) is 0 Å². The third-order valence-electron chi connectivity index (χ3n) is 3.06. The van der Waals surface area contributed by atoms with Gasteiger partial charge in [0.05, 0.1) is 12.7 Å². The monoisotopic (exact) mass is 304 g/mol. The number of halogens is 2. The summed E-state index contributed by atoms with van der Waals surface area (Å²) in [5.41, 5.74) is 2.60. The van der Waals surface area contributed by atoms with Crippen LogP contribution >= 0.6 is 11.6 Å². The van der Waals surface area contributed by atoms with Crippen molar-refractivity contribution in [2.45, 2.75) is 6.92 Å². The van der Waals surface area contributed by atoms with Crippen LogP contribution in [0.2, 0.25) is 0 Å². The Labute approximate surface area is 127 Å². The normalized spacial score (nSPS) is 11.3. The molecular weight excluding hydrogens is 291 g/mol. The maximum absolute atomic E-state index is 13.2. The molecule has 0 saturated carbocycles. The number of ether oxygens (including phenoxy) is 1. The summed E-state index contributed by atoms with van der Waals surface area (Å²) < 4.78 is 17.9. The lowest BCUT2D eigenvalue weighted by molar-refractivity contribution is 0.0600. The fraction of sp³-hybridized carbons (Fsp3) is 0.118. The van der Waals surface area contributed by atoms with E-state index in [1.807, 2.05) is 0 Å². The molecule has 0 aliphatic rings. The van der Waals surface area contributed by atoms with Gasteiger partial charge in [-0.05, 0) is 54.0 Å². The summed E-state index contributed by atoms with van der Waals surface area (Å²) in [6.07, 6.45) is 1.76.